The molecule has 0 amide bonds. The summed E-state index contributed by atoms with van der Waals surface area (Å²) in [4.78, 5) is 19.8. The highest BCUT2D eigenvalue weighted by atomic mass is 16.1. The van der Waals surface area contributed by atoms with E-state index in [1.165, 1.54) is 0 Å². The lowest BCUT2D eigenvalue weighted by Gasteiger charge is -2.01. The first-order chi connectivity index (χ1) is 8.00. The van der Waals surface area contributed by atoms with E-state index in [0.29, 0.717) is 12.3 Å². The Hall–Kier alpha value is -1.69. The molecule has 1 aromatic heterocycles. The lowest BCUT2D eigenvalue weighted by molar-refractivity contribution is -0.120. The highest BCUT2D eigenvalue weighted by molar-refractivity contribution is 5.82. The number of hydrogen-bond donors (Lipinski definition) is 0. The zero-order valence-electron chi connectivity index (χ0n) is 10.8. The van der Waals surface area contributed by atoms with Gasteiger partial charge >= 0.3 is 0 Å². The van der Waals surface area contributed by atoms with Gasteiger partial charge in [-0.25, -0.2) is 9.97 Å². The summed E-state index contributed by atoms with van der Waals surface area (Å²) in [6.07, 6.45) is 3.70. The molecule has 1 rings (SSSR count). The van der Waals surface area contributed by atoms with Gasteiger partial charge in [0.15, 0.2) is 0 Å². The number of ketones is 1. The van der Waals surface area contributed by atoms with E-state index >= 15 is 0 Å². The van der Waals surface area contributed by atoms with Crippen molar-refractivity contribution in [3.8, 4) is 11.8 Å². The molecule has 0 atom stereocenters. The lowest BCUT2D eigenvalue weighted by Crippen LogP contribution is -2.04. The first-order valence-electron chi connectivity index (χ1n) is 5.84. The molecule has 0 aromatic carbocycles. The molecule has 17 heavy (non-hydrogen) atoms. The van der Waals surface area contributed by atoms with E-state index in [4.69, 9.17) is 0 Å². The molecule has 0 N–H and O–H groups in total. The second-order valence-electron chi connectivity index (χ2n) is 4.58. The van der Waals surface area contributed by atoms with Crippen molar-refractivity contribution < 1.29 is 4.79 Å². The molecular formula is C14H18N2O. The van der Waals surface area contributed by atoms with Gasteiger partial charge in [-0.1, -0.05) is 39.5 Å². The largest absolute Gasteiger partial charge is 0.298 e. The normalized spacial score (nSPS) is 10.2. The molecule has 1 aromatic rings. The number of carbonyl (C=O) groups excluding carboxylic acids is 1. The maximum absolute atomic E-state index is 11.3. The van der Waals surface area contributed by atoms with Gasteiger partial charge in [0.25, 0.3) is 0 Å². The predicted octanol–water partition coefficient (Wildman–Crippen LogP) is 2.57. The molecule has 0 radical (unpaired) electrons. The summed E-state index contributed by atoms with van der Waals surface area (Å²) >= 11 is 0. The predicted molar refractivity (Wildman–Crippen MR) is 67.5 cm³/mol. The average Bonchev–Trinajstić information content (AvgIpc) is 2.29. The molecule has 0 aliphatic rings. The summed E-state index contributed by atoms with van der Waals surface area (Å²) in [6, 6.07) is 0. The minimum Gasteiger partial charge on any atom is -0.298 e. The first-order valence-corrected chi connectivity index (χ1v) is 5.84. The molecule has 0 fully saturated rings. The highest BCUT2D eigenvalue weighted by Gasteiger charge is 2.04. The quantitative estimate of drug-likeness (QED) is 0.749. The van der Waals surface area contributed by atoms with Gasteiger partial charge in [0.2, 0.25) is 0 Å². The Bertz CT molecular complexity index is 436. The smallest absolute Gasteiger partial charge is 0.147 e. The lowest BCUT2D eigenvalue weighted by atomic mass is 10.1. The van der Waals surface area contributed by atoms with Gasteiger partial charge in [-0.15, -0.1) is 0 Å². The summed E-state index contributed by atoms with van der Waals surface area (Å²) in [5, 5.41) is 0. The van der Waals surface area contributed by atoms with Gasteiger partial charge in [-0.3, -0.25) is 4.79 Å². The minimum absolute atomic E-state index is 0.0452. The number of hydrogen-bond acceptors (Lipinski definition) is 3. The molecule has 0 aliphatic carbocycles. The Balaban J connectivity index is 2.64. The van der Waals surface area contributed by atoms with Gasteiger partial charge < -0.3 is 0 Å². The third kappa shape index (κ3) is 4.36. The molecule has 3 heteroatoms. The maximum atomic E-state index is 11.3. The van der Waals surface area contributed by atoms with Crippen LogP contribution in [-0.4, -0.2) is 15.8 Å². The van der Waals surface area contributed by atoms with Gasteiger partial charge in [-0.2, -0.15) is 0 Å². The van der Waals surface area contributed by atoms with Crippen molar-refractivity contribution in [1.82, 2.24) is 9.97 Å². The Morgan fingerprint density at radius 3 is 2.29 bits per heavy atom. The molecule has 0 saturated heterocycles. The number of carbonyl (C=O) groups is 1. The fourth-order valence-electron chi connectivity index (χ4n) is 1.14. The van der Waals surface area contributed by atoms with Crippen LogP contribution in [0.25, 0.3) is 0 Å². The van der Waals surface area contributed by atoms with Crippen molar-refractivity contribution in [2.24, 2.45) is 5.92 Å². The van der Waals surface area contributed by atoms with E-state index < -0.39 is 0 Å². The Morgan fingerprint density at radius 1 is 1.24 bits per heavy atom. The molecule has 0 spiro atoms. The van der Waals surface area contributed by atoms with Crippen molar-refractivity contribution in [3.05, 3.63) is 23.8 Å². The zero-order valence-corrected chi connectivity index (χ0v) is 10.8. The topological polar surface area (TPSA) is 42.9 Å². The molecule has 1 heterocycles. The minimum atomic E-state index is 0.0452. The van der Waals surface area contributed by atoms with Crippen LogP contribution < -0.4 is 0 Å². The fourth-order valence-corrected chi connectivity index (χ4v) is 1.14. The van der Waals surface area contributed by atoms with Crippen molar-refractivity contribution in [2.45, 2.75) is 40.0 Å². The second kappa shape index (κ2) is 6.15. The summed E-state index contributed by atoms with van der Waals surface area (Å²) < 4.78 is 0. The second-order valence-corrected chi connectivity index (χ2v) is 4.58. The van der Waals surface area contributed by atoms with Crippen LogP contribution >= 0.6 is 0 Å². The Kier molecular flexibility index (Phi) is 4.84. The van der Waals surface area contributed by atoms with E-state index in [2.05, 4.69) is 21.8 Å². The van der Waals surface area contributed by atoms with Crippen LogP contribution in [0.1, 0.15) is 51.4 Å². The number of aromatic nitrogens is 2. The van der Waals surface area contributed by atoms with Crippen LogP contribution in [0, 0.1) is 17.8 Å². The van der Waals surface area contributed by atoms with Crippen molar-refractivity contribution in [1.29, 1.82) is 0 Å². The van der Waals surface area contributed by atoms with Crippen molar-refractivity contribution >= 4 is 5.78 Å². The third-order valence-corrected chi connectivity index (χ3v) is 2.33. The zero-order chi connectivity index (χ0) is 12.8. The Morgan fingerprint density at radius 2 is 1.82 bits per heavy atom. The van der Waals surface area contributed by atoms with Gasteiger partial charge in [-0.05, 0) is 0 Å². The van der Waals surface area contributed by atoms with Gasteiger partial charge in [0.1, 0.15) is 11.6 Å². The van der Waals surface area contributed by atoms with Crippen LogP contribution in [0.5, 0.6) is 0 Å². The van der Waals surface area contributed by atoms with Crippen LogP contribution in [0.3, 0.4) is 0 Å². The van der Waals surface area contributed by atoms with Crippen LogP contribution in [-0.2, 0) is 4.79 Å². The van der Waals surface area contributed by atoms with E-state index in [1.54, 1.807) is 12.4 Å². The van der Waals surface area contributed by atoms with Crippen LogP contribution in [0.15, 0.2) is 12.4 Å². The number of rotatable bonds is 3. The number of Topliss-reactive ketones (excluding diaryl/α,β-unsaturated/α-hetero) is 1. The van der Waals surface area contributed by atoms with Gasteiger partial charge in [0.05, 0.1) is 12.0 Å². The monoisotopic (exact) mass is 230 g/mol. The summed E-state index contributed by atoms with van der Waals surface area (Å²) in [5.41, 5.74) is 0.756. The molecule has 0 saturated carbocycles. The maximum Gasteiger partial charge on any atom is 0.147 e. The van der Waals surface area contributed by atoms with Crippen molar-refractivity contribution in [3.63, 3.8) is 0 Å². The fraction of sp³-hybridized carbons (Fsp3) is 0.500. The van der Waals surface area contributed by atoms with Crippen LogP contribution in [0.4, 0.5) is 0 Å². The SMILES string of the molecule is CC(C)C(=O)CC#Cc1cnc(C(C)C)nc1. The average molecular weight is 230 g/mol. The standard InChI is InChI=1S/C14H18N2O/c1-10(2)13(17)7-5-6-12-8-15-14(11(3)4)16-9-12/h8-11H,7H2,1-4H3. The third-order valence-electron chi connectivity index (χ3n) is 2.33. The van der Waals surface area contributed by atoms with E-state index in [9.17, 15) is 4.79 Å². The number of nitrogens with zero attached hydrogens (tertiary/aromatic N) is 2. The van der Waals surface area contributed by atoms with Crippen LogP contribution in [0.2, 0.25) is 0 Å². The van der Waals surface area contributed by atoms with E-state index in [1.807, 2.05) is 27.7 Å². The molecule has 0 bridgehead atoms. The van der Waals surface area contributed by atoms with E-state index in [-0.39, 0.29) is 11.7 Å². The molecule has 3 nitrogen and oxygen atoms in total. The highest BCUT2D eigenvalue weighted by Crippen LogP contribution is 2.07. The molecule has 0 unspecified atom stereocenters. The molecule has 0 aliphatic heterocycles. The summed E-state index contributed by atoms with van der Waals surface area (Å²) in [7, 11) is 0. The van der Waals surface area contributed by atoms with E-state index in [0.717, 1.165) is 11.4 Å². The summed E-state index contributed by atoms with van der Waals surface area (Å²) in [5.74, 6) is 7.09. The first kappa shape index (κ1) is 13.4. The summed E-state index contributed by atoms with van der Waals surface area (Å²) in [6.45, 7) is 7.85. The molecular weight excluding hydrogens is 212 g/mol. The van der Waals surface area contributed by atoms with Gasteiger partial charge in [0, 0.05) is 24.2 Å². The Labute approximate surface area is 103 Å². The van der Waals surface area contributed by atoms with Crippen molar-refractivity contribution in [2.75, 3.05) is 0 Å². The molecule has 90 valence electrons.